The number of hydrazine groups is 1. The summed E-state index contributed by atoms with van der Waals surface area (Å²) < 4.78 is 17.8. The zero-order valence-electron chi connectivity index (χ0n) is 18.6. The summed E-state index contributed by atoms with van der Waals surface area (Å²) in [6, 6.07) is 14.5. The summed E-state index contributed by atoms with van der Waals surface area (Å²) in [5.41, 5.74) is 6.72. The van der Waals surface area contributed by atoms with Gasteiger partial charge in [0.25, 0.3) is 0 Å². The Hall–Kier alpha value is -2.70. The zero-order valence-corrected chi connectivity index (χ0v) is 18.6. The van der Waals surface area contributed by atoms with Gasteiger partial charge in [-0.3, -0.25) is 0 Å². The monoisotopic (exact) mass is 422 g/mol. The molecular formula is C25H32N3O3+. The molecule has 2 aromatic rings. The molecule has 6 nitrogen and oxygen atoms in total. The zero-order chi connectivity index (χ0) is 21.4. The second kappa shape index (κ2) is 8.09. The number of para-hydroxylation sites is 1. The number of piperidine rings is 1. The summed E-state index contributed by atoms with van der Waals surface area (Å²) in [5, 5.41) is 2.34. The standard InChI is InChI=1S/C25H31N3O3/c1-4-14-27-15-12-25(13-16-27)28-22(20-6-5-7-23(30-3)24(20)31-25)17-21(26-28)18-8-10-19(29-2)11-9-18/h5-11,17,22,26H,4,12-16H2,1-3H3/p+1/t22-/m1/s1. The number of nitrogens with one attached hydrogen (secondary N) is 2. The molecule has 6 heteroatoms. The minimum atomic E-state index is -0.381. The molecule has 3 aliphatic heterocycles. The Balaban J connectivity index is 1.52. The summed E-state index contributed by atoms with van der Waals surface area (Å²) >= 11 is 0. The fourth-order valence-electron chi connectivity index (χ4n) is 5.20. The van der Waals surface area contributed by atoms with Gasteiger partial charge in [0.1, 0.15) is 5.75 Å². The quantitative estimate of drug-likeness (QED) is 0.776. The van der Waals surface area contributed by atoms with Crippen LogP contribution in [0.3, 0.4) is 0 Å². The first-order valence-corrected chi connectivity index (χ1v) is 11.3. The van der Waals surface area contributed by atoms with Crippen molar-refractivity contribution in [2.45, 2.75) is 38.0 Å². The number of rotatable bonds is 5. The maximum absolute atomic E-state index is 6.82. The molecule has 0 saturated carbocycles. The van der Waals surface area contributed by atoms with E-state index < -0.39 is 0 Å². The molecular weight excluding hydrogens is 390 g/mol. The third-order valence-electron chi connectivity index (χ3n) is 6.87. The van der Waals surface area contributed by atoms with E-state index in [1.807, 2.05) is 24.3 Å². The molecule has 2 aromatic carbocycles. The van der Waals surface area contributed by atoms with Crippen LogP contribution in [0, 0.1) is 0 Å². The summed E-state index contributed by atoms with van der Waals surface area (Å²) in [4.78, 5) is 1.67. The number of ether oxygens (including phenoxy) is 3. The SMILES string of the molecule is CCC[NH+]1CCC2(CC1)Oc1c(OC)cccc1[C@H]1C=C(c3ccc(OC)cc3)NN12. The van der Waals surface area contributed by atoms with Gasteiger partial charge in [0, 0.05) is 5.56 Å². The van der Waals surface area contributed by atoms with Crippen LogP contribution in [0.1, 0.15) is 43.4 Å². The molecule has 164 valence electrons. The summed E-state index contributed by atoms with van der Waals surface area (Å²) in [5.74, 6) is 2.56. The van der Waals surface area contributed by atoms with E-state index in [9.17, 15) is 0 Å². The van der Waals surface area contributed by atoms with Crippen molar-refractivity contribution in [3.63, 3.8) is 0 Å². The van der Waals surface area contributed by atoms with Crippen molar-refractivity contribution < 1.29 is 19.1 Å². The Morgan fingerprint density at radius 1 is 1.10 bits per heavy atom. The lowest BCUT2D eigenvalue weighted by atomic mass is 9.92. The topological polar surface area (TPSA) is 47.4 Å². The van der Waals surface area contributed by atoms with E-state index in [2.05, 4.69) is 41.6 Å². The molecule has 0 bridgehead atoms. The number of benzene rings is 2. The first-order valence-electron chi connectivity index (χ1n) is 11.3. The number of likely N-dealkylation sites (tertiary alicyclic amines) is 1. The molecule has 2 N–H and O–H groups in total. The van der Waals surface area contributed by atoms with Crippen LogP contribution in [0.2, 0.25) is 0 Å². The Bertz CT molecular complexity index is 964. The molecule has 3 heterocycles. The highest BCUT2D eigenvalue weighted by molar-refractivity contribution is 5.68. The molecule has 0 amide bonds. The minimum Gasteiger partial charge on any atom is -0.497 e. The largest absolute Gasteiger partial charge is 0.497 e. The average Bonchev–Trinajstić information content (AvgIpc) is 3.27. The van der Waals surface area contributed by atoms with Gasteiger partial charge in [0.05, 0.1) is 58.4 Å². The van der Waals surface area contributed by atoms with Crippen LogP contribution in [0.15, 0.2) is 48.5 Å². The van der Waals surface area contributed by atoms with Gasteiger partial charge in [-0.2, -0.15) is 5.01 Å². The molecule has 0 unspecified atom stereocenters. The number of hydrogen-bond donors (Lipinski definition) is 2. The molecule has 3 aliphatic rings. The number of hydrogen-bond acceptors (Lipinski definition) is 5. The van der Waals surface area contributed by atoms with Crippen LogP contribution in [0.25, 0.3) is 5.70 Å². The van der Waals surface area contributed by atoms with Gasteiger partial charge < -0.3 is 24.5 Å². The highest BCUT2D eigenvalue weighted by atomic mass is 16.5. The van der Waals surface area contributed by atoms with E-state index in [-0.39, 0.29) is 11.8 Å². The van der Waals surface area contributed by atoms with E-state index in [1.54, 1.807) is 19.1 Å². The lowest BCUT2D eigenvalue weighted by Gasteiger charge is -2.50. The van der Waals surface area contributed by atoms with Gasteiger partial charge in [-0.25, -0.2) is 0 Å². The molecule has 0 aliphatic carbocycles. The second-order valence-corrected chi connectivity index (χ2v) is 8.66. The van der Waals surface area contributed by atoms with Gasteiger partial charge in [-0.15, -0.1) is 0 Å². The van der Waals surface area contributed by atoms with E-state index >= 15 is 0 Å². The fraction of sp³-hybridized carbons (Fsp3) is 0.440. The van der Waals surface area contributed by atoms with Crippen LogP contribution in [-0.2, 0) is 0 Å². The van der Waals surface area contributed by atoms with Gasteiger partial charge in [-0.05, 0) is 48.4 Å². The van der Waals surface area contributed by atoms with Crippen molar-refractivity contribution in [2.24, 2.45) is 0 Å². The number of nitrogens with zero attached hydrogens (tertiary/aromatic N) is 1. The van der Waals surface area contributed by atoms with Crippen LogP contribution in [-0.4, -0.2) is 44.6 Å². The average molecular weight is 423 g/mol. The smallest absolute Gasteiger partial charge is 0.191 e. The third kappa shape index (κ3) is 3.44. The maximum atomic E-state index is 6.82. The lowest BCUT2D eigenvalue weighted by molar-refractivity contribution is -0.908. The first-order chi connectivity index (χ1) is 15.2. The number of fused-ring (bicyclic) bond motifs is 4. The van der Waals surface area contributed by atoms with E-state index in [0.29, 0.717) is 0 Å². The minimum absolute atomic E-state index is 0.101. The van der Waals surface area contributed by atoms with Crippen LogP contribution >= 0.6 is 0 Å². The van der Waals surface area contributed by atoms with Gasteiger partial charge in [0.15, 0.2) is 17.2 Å². The maximum Gasteiger partial charge on any atom is 0.191 e. The van der Waals surface area contributed by atoms with Crippen molar-refractivity contribution in [1.29, 1.82) is 0 Å². The molecule has 0 aromatic heterocycles. The van der Waals surface area contributed by atoms with Gasteiger partial charge >= 0.3 is 0 Å². The molecule has 1 atom stereocenters. The number of quaternary nitrogens is 1. The van der Waals surface area contributed by atoms with Crippen LogP contribution in [0.4, 0.5) is 0 Å². The Morgan fingerprint density at radius 2 is 1.87 bits per heavy atom. The third-order valence-corrected chi connectivity index (χ3v) is 6.87. The fourth-order valence-corrected chi connectivity index (χ4v) is 5.20. The summed E-state index contributed by atoms with van der Waals surface area (Å²) in [6.45, 7) is 5.71. The Morgan fingerprint density at radius 3 is 2.55 bits per heavy atom. The molecule has 1 saturated heterocycles. The molecule has 0 radical (unpaired) electrons. The van der Waals surface area contributed by atoms with Crippen molar-refractivity contribution >= 4 is 5.70 Å². The van der Waals surface area contributed by atoms with Gasteiger partial charge in [-0.1, -0.05) is 19.1 Å². The highest BCUT2D eigenvalue weighted by Gasteiger charge is 2.53. The predicted octanol–water partition coefficient (Wildman–Crippen LogP) is 2.78. The van der Waals surface area contributed by atoms with Crippen molar-refractivity contribution in [1.82, 2.24) is 10.4 Å². The van der Waals surface area contributed by atoms with E-state index in [4.69, 9.17) is 14.2 Å². The highest BCUT2D eigenvalue weighted by Crippen LogP contribution is 2.50. The second-order valence-electron chi connectivity index (χ2n) is 8.66. The first kappa shape index (κ1) is 20.2. The molecule has 5 rings (SSSR count). The summed E-state index contributed by atoms with van der Waals surface area (Å²) in [6.07, 6.45) is 5.49. The van der Waals surface area contributed by atoms with Gasteiger partial charge in [0.2, 0.25) is 0 Å². The Labute approximate surface area is 184 Å². The van der Waals surface area contributed by atoms with E-state index in [0.717, 1.165) is 60.0 Å². The predicted molar refractivity (Wildman–Crippen MR) is 120 cm³/mol. The molecule has 1 spiro atoms. The van der Waals surface area contributed by atoms with Crippen molar-refractivity contribution in [3.8, 4) is 17.2 Å². The molecule has 1 fully saturated rings. The summed E-state index contributed by atoms with van der Waals surface area (Å²) in [7, 11) is 3.41. The van der Waals surface area contributed by atoms with Crippen LogP contribution < -0.4 is 24.5 Å². The lowest BCUT2D eigenvalue weighted by Crippen LogP contribution is -3.14. The van der Waals surface area contributed by atoms with Crippen molar-refractivity contribution in [2.75, 3.05) is 33.9 Å². The normalized spacial score (nSPS) is 27.0. The van der Waals surface area contributed by atoms with E-state index in [1.165, 1.54) is 13.0 Å². The van der Waals surface area contributed by atoms with Crippen LogP contribution in [0.5, 0.6) is 17.2 Å². The Kier molecular flexibility index (Phi) is 5.28. The van der Waals surface area contributed by atoms with Crippen molar-refractivity contribution in [3.05, 3.63) is 59.7 Å². The molecule has 31 heavy (non-hydrogen) atoms. The number of methoxy groups -OCH3 is 2.